The van der Waals surface area contributed by atoms with Crippen LogP contribution < -0.4 is 16.4 Å². The van der Waals surface area contributed by atoms with Crippen molar-refractivity contribution in [3.63, 3.8) is 0 Å². The fourth-order valence-electron chi connectivity index (χ4n) is 2.66. The number of hydrogen-bond acceptors (Lipinski definition) is 5. The monoisotopic (exact) mass is 330 g/mol. The van der Waals surface area contributed by atoms with Crippen molar-refractivity contribution < 1.29 is 14.3 Å². The van der Waals surface area contributed by atoms with Crippen LogP contribution in [0.15, 0.2) is 29.1 Å². The van der Waals surface area contributed by atoms with Gasteiger partial charge in [-0.3, -0.25) is 25.2 Å². The van der Waals surface area contributed by atoms with Gasteiger partial charge in [-0.1, -0.05) is 18.2 Å². The lowest BCUT2D eigenvalue weighted by Crippen LogP contribution is -2.46. The van der Waals surface area contributed by atoms with E-state index in [2.05, 4.69) is 16.0 Å². The molecule has 1 aromatic heterocycles. The zero-order chi connectivity index (χ0) is 17.1. The molecule has 1 saturated heterocycles. The molecular weight excluding hydrogens is 312 g/mol. The van der Waals surface area contributed by atoms with Crippen LogP contribution in [0.25, 0.3) is 10.8 Å². The Hall–Kier alpha value is -2.74. The molecule has 126 valence electrons. The molecule has 0 radical (unpaired) electrons. The molecule has 0 unspecified atom stereocenters. The zero-order valence-electron chi connectivity index (χ0n) is 13.2. The van der Waals surface area contributed by atoms with Gasteiger partial charge >= 0.3 is 0 Å². The summed E-state index contributed by atoms with van der Waals surface area (Å²) in [6.07, 6.45) is 0.906. The number of ether oxygens (including phenoxy) is 1. The van der Waals surface area contributed by atoms with Crippen molar-refractivity contribution in [2.75, 3.05) is 6.61 Å². The molecule has 0 saturated carbocycles. The molecule has 0 spiro atoms. The highest BCUT2D eigenvalue weighted by Gasteiger charge is 2.24. The minimum absolute atomic E-state index is 0.0830. The second kappa shape index (κ2) is 6.79. The number of carbonyl (C=O) groups excluding carboxylic acids is 2. The first kappa shape index (κ1) is 16.1. The Kier molecular flexibility index (Phi) is 4.57. The van der Waals surface area contributed by atoms with Gasteiger partial charge in [0.25, 0.3) is 17.4 Å². The quantitative estimate of drug-likeness (QED) is 0.791. The molecule has 8 nitrogen and oxygen atoms in total. The average Bonchev–Trinajstić information content (AvgIpc) is 3.15. The van der Waals surface area contributed by atoms with Crippen LogP contribution in [0.1, 0.15) is 30.3 Å². The molecule has 1 fully saturated rings. The smallest absolute Gasteiger partial charge is 0.290 e. The number of nitrogens with one attached hydrogen (secondary N) is 2. The fourth-order valence-corrected chi connectivity index (χ4v) is 2.66. The van der Waals surface area contributed by atoms with E-state index < -0.39 is 17.9 Å². The Balaban J connectivity index is 1.85. The van der Waals surface area contributed by atoms with Gasteiger partial charge in [-0.25, -0.2) is 4.68 Å². The first-order valence-corrected chi connectivity index (χ1v) is 7.83. The maximum Gasteiger partial charge on any atom is 0.290 e. The number of hydrogen-bond donors (Lipinski definition) is 2. The SMILES string of the molecule is CCn1nc(C(=O)NNC(=O)[C@H]2CCCO2)c2ccccc2c1=O. The largest absolute Gasteiger partial charge is 0.368 e. The summed E-state index contributed by atoms with van der Waals surface area (Å²) in [4.78, 5) is 36.6. The van der Waals surface area contributed by atoms with Crippen LogP contribution in [0.2, 0.25) is 0 Å². The van der Waals surface area contributed by atoms with Gasteiger partial charge in [0.2, 0.25) is 0 Å². The van der Waals surface area contributed by atoms with Crippen LogP contribution in [0.3, 0.4) is 0 Å². The number of aryl methyl sites for hydroxylation is 1. The van der Waals surface area contributed by atoms with Crippen molar-refractivity contribution in [1.29, 1.82) is 0 Å². The number of rotatable bonds is 3. The number of carbonyl (C=O) groups is 2. The van der Waals surface area contributed by atoms with Crippen molar-refractivity contribution in [2.24, 2.45) is 0 Å². The molecule has 2 N–H and O–H groups in total. The molecule has 2 amide bonds. The summed E-state index contributed by atoms with van der Waals surface area (Å²) in [5.41, 5.74) is 4.52. The lowest BCUT2D eigenvalue weighted by atomic mass is 10.1. The Morgan fingerprint density at radius 1 is 1.29 bits per heavy atom. The van der Waals surface area contributed by atoms with Crippen LogP contribution in [-0.4, -0.2) is 34.3 Å². The van der Waals surface area contributed by atoms with E-state index in [0.29, 0.717) is 30.3 Å². The number of fused-ring (bicyclic) bond motifs is 1. The summed E-state index contributed by atoms with van der Waals surface area (Å²) in [6.45, 7) is 2.65. The maximum atomic E-state index is 12.4. The molecule has 1 atom stereocenters. The van der Waals surface area contributed by atoms with Gasteiger partial charge in [-0.05, 0) is 25.8 Å². The topological polar surface area (TPSA) is 102 Å². The van der Waals surface area contributed by atoms with E-state index in [4.69, 9.17) is 4.74 Å². The molecule has 1 aromatic carbocycles. The highest BCUT2D eigenvalue weighted by molar-refractivity contribution is 6.05. The molecule has 2 aromatic rings. The van der Waals surface area contributed by atoms with Crippen molar-refractivity contribution >= 4 is 22.6 Å². The van der Waals surface area contributed by atoms with Crippen molar-refractivity contribution in [1.82, 2.24) is 20.6 Å². The Morgan fingerprint density at radius 2 is 2.04 bits per heavy atom. The highest BCUT2D eigenvalue weighted by atomic mass is 16.5. The molecule has 1 aliphatic heterocycles. The third-order valence-corrected chi connectivity index (χ3v) is 3.90. The summed E-state index contributed by atoms with van der Waals surface area (Å²) in [5, 5.41) is 4.95. The average molecular weight is 330 g/mol. The van der Waals surface area contributed by atoms with Gasteiger partial charge < -0.3 is 4.74 Å². The lowest BCUT2D eigenvalue weighted by molar-refractivity contribution is -0.130. The number of nitrogens with zero attached hydrogens (tertiary/aromatic N) is 2. The fraction of sp³-hybridized carbons (Fsp3) is 0.375. The summed E-state index contributed by atoms with van der Waals surface area (Å²) >= 11 is 0. The maximum absolute atomic E-state index is 12.4. The standard InChI is InChI=1S/C16H18N4O4/c1-2-20-16(23)11-7-4-3-6-10(11)13(19-20)15(22)18-17-14(21)12-8-5-9-24-12/h3-4,6-7,12H,2,5,8-9H2,1H3,(H,17,21)(H,18,22)/t12-/m1/s1. The predicted molar refractivity (Wildman–Crippen MR) is 86.3 cm³/mol. The summed E-state index contributed by atoms with van der Waals surface area (Å²) in [5.74, 6) is -0.978. The van der Waals surface area contributed by atoms with Gasteiger partial charge in [0, 0.05) is 18.5 Å². The Labute approximate surface area is 137 Å². The first-order valence-electron chi connectivity index (χ1n) is 7.83. The zero-order valence-corrected chi connectivity index (χ0v) is 13.2. The Bertz CT molecular complexity index is 840. The minimum Gasteiger partial charge on any atom is -0.368 e. The first-order chi connectivity index (χ1) is 11.6. The summed E-state index contributed by atoms with van der Waals surface area (Å²) in [7, 11) is 0. The predicted octanol–water partition coefficient (Wildman–Crippen LogP) is 0.356. The minimum atomic E-state index is -0.584. The molecule has 0 bridgehead atoms. The third-order valence-electron chi connectivity index (χ3n) is 3.90. The van der Waals surface area contributed by atoms with Crippen LogP contribution in [0.5, 0.6) is 0 Å². The second-order valence-corrected chi connectivity index (χ2v) is 5.46. The number of amides is 2. The van der Waals surface area contributed by atoms with E-state index in [9.17, 15) is 14.4 Å². The number of benzene rings is 1. The van der Waals surface area contributed by atoms with Crippen molar-refractivity contribution in [2.45, 2.75) is 32.4 Å². The van der Waals surface area contributed by atoms with E-state index in [1.54, 1.807) is 31.2 Å². The van der Waals surface area contributed by atoms with Gasteiger partial charge in [0.05, 0.1) is 5.39 Å². The molecule has 3 rings (SSSR count). The van der Waals surface area contributed by atoms with Gasteiger partial charge in [-0.15, -0.1) is 0 Å². The molecule has 1 aliphatic rings. The van der Waals surface area contributed by atoms with Crippen LogP contribution in [0, 0.1) is 0 Å². The second-order valence-electron chi connectivity index (χ2n) is 5.46. The lowest BCUT2D eigenvalue weighted by Gasteiger charge is -2.13. The van der Waals surface area contributed by atoms with Crippen molar-refractivity contribution in [3.8, 4) is 0 Å². The highest BCUT2D eigenvalue weighted by Crippen LogP contribution is 2.13. The summed E-state index contributed by atoms with van der Waals surface area (Å²) in [6, 6.07) is 6.75. The van der Waals surface area contributed by atoms with E-state index in [0.717, 1.165) is 6.42 Å². The summed E-state index contributed by atoms with van der Waals surface area (Å²) < 4.78 is 6.47. The van der Waals surface area contributed by atoms with E-state index >= 15 is 0 Å². The molecule has 24 heavy (non-hydrogen) atoms. The van der Waals surface area contributed by atoms with Gasteiger partial charge in [-0.2, -0.15) is 5.10 Å². The number of hydrazine groups is 1. The van der Waals surface area contributed by atoms with Gasteiger partial charge in [0.15, 0.2) is 5.69 Å². The van der Waals surface area contributed by atoms with Crippen molar-refractivity contribution in [3.05, 3.63) is 40.3 Å². The third kappa shape index (κ3) is 3.00. The van der Waals surface area contributed by atoms with E-state index in [-0.39, 0.29) is 11.3 Å². The normalized spacial score (nSPS) is 17.0. The molecule has 0 aliphatic carbocycles. The van der Waals surface area contributed by atoms with Crippen LogP contribution in [-0.2, 0) is 16.1 Å². The Morgan fingerprint density at radius 3 is 2.71 bits per heavy atom. The van der Waals surface area contributed by atoms with Gasteiger partial charge in [0.1, 0.15) is 6.10 Å². The van der Waals surface area contributed by atoms with E-state index in [1.165, 1.54) is 4.68 Å². The molecular formula is C16H18N4O4. The molecule has 2 heterocycles. The van der Waals surface area contributed by atoms with Crippen LogP contribution >= 0.6 is 0 Å². The number of aromatic nitrogens is 2. The van der Waals surface area contributed by atoms with E-state index in [1.807, 2.05) is 0 Å². The molecule has 8 heteroatoms. The van der Waals surface area contributed by atoms with Crippen LogP contribution in [0.4, 0.5) is 0 Å².